The van der Waals surface area contributed by atoms with Gasteiger partial charge < -0.3 is 20.2 Å². The van der Waals surface area contributed by atoms with Crippen LogP contribution in [0.25, 0.3) is 22.5 Å². The Balaban J connectivity index is 1.22. The minimum Gasteiger partial charge on any atom is -0.465 e. The van der Waals surface area contributed by atoms with Gasteiger partial charge in [0.1, 0.15) is 11.5 Å². The molecule has 1 saturated heterocycles. The van der Waals surface area contributed by atoms with Crippen LogP contribution in [0, 0.1) is 5.82 Å². The Labute approximate surface area is 235 Å². The van der Waals surface area contributed by atoms with Crippen molar-refractivity contribution in [3.8, 4) is 22.5 Å². The second kappa shape index (κ2) is 11.4. The molecule has 11 heteroatoms. The smallest absolute Gasteiger partial charge is 0.407 e. The van der Waals surface area contributed by atoms with E-state index in [1.165, 1.54) is 17.0 Å². The second-order valence-electron chi connectivity index (χ2n) is 9.65. The lowest BCUT2D eigenvalue weighted by atomic mass is 10.1. The first-order valence-corrected chi connectivity index (χ1v) is 13.2. The first-order valence-electron chi connectivity index (χ1n) is 13.2. The van der Waals surface area contributed by atoms with E-state index < -0.39 is 6.09 Å². The van der Waals surface area contributed by atoms with E-state index in [-0.39, 0.29) is 5.82 Å². The van der Waals surface area contributed by atoms with Crippen molar-refractivity contribution in [2.75, 3.05) is 36.4 Å². The van der Waals surface area contributed by atoms with E-state index in [0.29, 0.717) is 44.4 Å². The number of hydrogen-bond acceptors (Lipinski definition) is 7. The molecule has 41 heavy (non-hydrogen) atoms. The minimum absolute atomic E-state index is 0.278. The number of nitrogens with one attached hydrogen (secondary N) is 1. The fourth-order valence-corrected chi connectivity index (χ4v) is 4.79. The number of rotatable bonds is 7. The molecular formula is C30H27FN8O2. The summed E-state index contributed by atoms with van der Waals surface area (Å²) in [7, 11) is 0. The Morgan fingerprint density at radius 1 is 0.951 bits per heavy atom. The zero-order valence-electron chi connectivity index (χ0n) is 22.1. The second-order valence-corrected chi connectivity index (χ2v) is 9.65. The molecule has 4 heterocycles. The third kappa shape index (κ3) is 5.98. The summed E-state index contributed by atoms with van der Waals surface area (Å²) < 4.78 is 15.2. The van der Waals surface area contributed by atoms with Gasteiger partial charge in [0.15, 0.2) is 0 Å². The number of hydrogen-bond donors (Lipinski definition) is 2. The molecule has 2 N–H and O–H groups in total. The van der Waals surface area contributed by atoms with E-state index in [4.69, 9.17) is 10.1 Å². The van der Waals surface area contributed by atoms with Gasteiger partial charge >= 0.3 is 6.09 Å². The SMILES string of the molecule is O=C(O)N1CCN(c2ccc(Nc3nccc(-c4cn(Cc5ccc(F)cc5)nc4-c4cccnc4)n3)cc2)CC1. The van der Waals surface area contributed by atoms with Crippen LogP contribution in [-0.2, 0) is 6.54 Å². The summed E-state index contributed by atoms with van der Waals surface area (Å²) in [5.74, 6) is 0.161. The van der Waals surface area contributed by atoms with Gasteiger partial charge in [-0.05, 0) is 60.2 Å². The molecule has 10 nitrogen and oxygen atoms in total. The summed E-state index contributed by atoms with van der Waals surface area (Å²) in [5, 5.41) is 17.3. The van der Waals surface area contributed by atoms with Gasteiger partial charge in [-0.1, -0.05) is 12.1 Å². The molecule has 1 amide bonds. The van der Waals surface area contributed by atoms with Crippen LogP contribution in [0.5, 0.6) is 0 Å². The topological polar surface area (TPSA) is 112 Å². The predicted molar refractivity (Wildman–Crippen MR) is 154 cm³/mol. The van der Waals surface area contributed by atoms with E-state index in [0.717, 1.165) is 33.8 Å². The summed E-state index contributed by atoms with van der Waals surface area (Å²) in [5.41, 5.74) is 5.89. The highest BCUT2D eigenvalue weighted by atomic mass is 19.1. The van der Waals surface area contributed by atoms with E-state index in [9.17, 15) is 14.3 Å². The van der Waals surface area contributed by atoms with Crippen molar-refractivity contribution in [3.63, 3.8) is 0 Å². The number of carbonyl (C=O) groups is 1. The first-order chi connectivity index (χ1) is 20.0. The molecule has 0 atom stereocenters. The van der Waals surface area contributed by atoms with Crippen LogP contribution in [0.4, 0.5) is 26.5 Å². The maximum absolute atomic E-state index is 13.4. The third-order valence-corrected chi connectivity index (χ3v) is 6.92. The lowest BCUT2D eigenvalue weighted by Crippen LogP contribution is -2.48. The van der Waals surface area contributed by atoms with E-state index in [2.05, 4.69) is 20.2 Å². The summed E-state index contributed by atoms with van der Waals surface area (Å²) in [6, 6.07) is 19.9. The molecule has 1 aliphatic rings. The molecule has 206 valence electrons. The quantitative estimate of drug-likeness (QED) is 0.287. The van der Waals surface area contributed by atoms with Crippen LogP contribution < -0.4 is 10.2 Å². The Morgan fingerprint density at radius 3 is 2.44 bits per heavy atom. The fraction of sp³-hybridized carbons (Fsp3) is 0.167. The van der Waals surface area contributed by atoms with Crippen molar-refractivity contribution in [2.24, 2.45) is 0 Å². The highest BCUT2D eigenvalue weighted by Gasteiger charge is 2.20. The molecular weight excluding hydrogens is 523 g/mol. The van der Waals surface area contributed by atoms with Crippen LogP contribution in [0.2, 0.25) is 0 Å². The van der Waals surface area contributed by atoms with Gasteiger partial charge in [-0.25, -0.2) is 19.2 Å². The Bertz CT molecular complexity index is 1630. The van der Waals surface area contributed by atoms with Crippen molar-refractivity contribution in [1.82, 2.24) is 29.6 Å². The van der Waals surface area contributed by atoms with Crippen LogP contribution in [0.3, 0.4) is 0 Å². The molecule has 1 fully saturated rings. The number of amides is 1. The third-order valence-electron chi connectivity index (χ3n) is 6.92. The average Bonchev–Trinajstić information content (AvgIpc) is 3.43. The number of pyridine rings is 1. The summed E-state index contributed by atoms with van der Waals surface area (Å²) >= 11 is 0. The molecule has 0 saturated carbocycles. The lowest BCUT2D eigenvalue weighted by Gasteiger charge is -2.34. The molecule has 2 aromatic carbocycles. The summed E-state index contributed by atoms with van der Waals surface area (Å²) in [4.78, 5) is 28.2. The van der Waals surface area contributed by atoms with E-state index >= 15 is 0 Å². The standard InChI is InChI=1S/C30H27FN8O2/c31-23-5-3-21(4-6-23)19-39-20-26(28(36-39)22-2-1-12-32-18-22)27-11-13-33-29(35-27)34-24-7-9-25(10-8-24)37-14-16-38(17-15-37)30(40)41/h1-13,18,20H,14-17,19H2,(H,40,41)(H,33,34,35). The summed E-state index contributed by atoms with van der Waals surface area (Å²) in [6.45, 7) is 2.74. The average molecular weight is 551 g/mol. The molecule has 6 rings (SSSR count). The Hall–Kier alpha value is -5.32. The van der Waals surface area contributed by atoms with Gasteiger partial charge in [-0.3, -0.25) is 9.67 Å². The van der Waals surface area contributed by atoms with E-state index in [1.807, 2.05) is 53.3 Å². The van der Waals surface area contributed by atoms with Crippen molar-refractivity contribution >= 4 is 23.4 Å². The zero-order chi connectivity index (χ0) is 28.2. The van der Waals surface area contributed by atoms with Gasteiger partial charge in [0.25, 0.3) is 0 Å². The predicted octanol–water partition coefficient (Wildman–Crippen LogP) is 5.13. The molecule has 3 aromatic heterocycles. The highest BCUT2D eigenvalue weighted by Crippen LogP contribution is 2.30. The normalized spacial score (nSPS) is 13.3. The molecule has 1 aliphatic heterocycles. The number of aromatic nitrogens is 5. The number of anilines is 3. The van der Waals surface area contributed by atoms with Crippen molar-refractivity contribution < 1.29 is 14.3 Å². The van der Waals surface area contributed by atoms with Gasteiger partial charge in [-0.2, -0.15) is 5.10 Å². The maximum Gasteiger partial charge on any atom is 0.407 e. The van der Waals surface area contributed by atoms with Gasteiger partial charge in [0, 0.05) is 73.5 Å². The van der Waals surface area contributed by atoms with Crippen molar-refractivity contribution in [3.05, 3.63) is 103 Å². The highest BCUT2D eigenvalue weighted by molar-refractivity contribution is 5.78. The zero-order valence-corrected chi connectivity index (χ0v) is 22.1. The number of halogens is 1. The fourth-order valence-electron chi connectivity index (χ4n) is 4.79. The van der Waals surface area contributed by atoms with Gasteiger partial charge in [0.05, 0.1) is 12.2 Å². The van der Waals surface area contributed by atoms with Crippen LogP contribution in [0.1, 0.15) is 5.56 Å². The maximum atomic E-state index is 13.4. The number of benzene rings is 2. The molecule has 0 unspecified atom stereocenters. The van der Waals surface area contributed by atoms with Gasteiger partial charge in [0.2, 0.25) is 5.95 Å². The first kappa shape index (κ1) is 25.9. The van der Waals surface area contributed by atoms with Crippen molar-refractivity contribution in [2.45, 2.75) is 6.54 Å². The Kier molecular flexibility index (Phi) is 7.23. The molecule has 0 aliphatic carbocycles. The van der Waals surface area contributed by atoms with Crippen LogP contribution in [-0.4, -0.2) is 67.0 Å². The van der Waals surface area contributed by atoms with Gasteiger partial charge in [-0.15, -0.1) is 0 Å². The molecule has 0 radical (unpaired) electrons. The van der Waals surface area contributed by atoms with Crippen LogP contribution >= 0.6 is 0 Å². The van der Waals surface area contributed by atoms with E-state index in [1.54, 1.807) is 30.7 Å². The van der Waals surface area contributed by atoms with Crippen LogP contribution in [0.15, 0.2) is 91.5 Å². The molecule has 0 spiro atoms. The molecule has 5 aromatic rings. The monoisotopic (exact) mass is 550 g/mol. The molecule has 0 bridgehead atoms. The number of nitrogens with zero attached hydrogens (tertiary/aromatic N) is 7. The minimum atomic E-state index is -0.876. The number of piperazine rings is 1. The number of carboxylic acid groups (broad SMARTS) is 1. The summed E-state index contributed by atoms with van der Waals surface area (Å²) in [6.07, 6.45) is 6.23. The Morgan fingerprint density at radius 2 is 1.73 bits per heavy atom. The van der Waals surface area contributed by atoms with Crippen molar-refractivity contribution in [1.29, 1.82) is 0 Å². The largest absolute Gasteiger partial charge is 0.465 e. The lowest BCUT2D eigenvalue weighted by molar-refractivity contribution is 0.142.